The second-order valence-electron chi connectivity index (χ2n) is 4.02. The SMILES string of the molecule is Cc1ccc(C#N)cc1Oc1nc(NN)ncc1C. The molecule has 19 heavy (non-hydrogen) atoms. The number of benzene rings is 1. The second kappa shape index (κ2) is 5.33. The molecule has 0 spiro atoms. The van der Waals surface area contributed by atoms with Gasteiger partial charge in [-0.25, -0.2) is 10.8 Å². The summed E-state index contributed by atoms with van der Waals surface area (Å²) >= 11 is 0. The van der Waals surface area contributed by atoms with Gasteiger partial charge in [0.05, 0.1) is 11.6 Å². The third kappa shape index (κ3) is 2.78. The molecule has 0 unspecified atom stereocenters. The minimum absolute atomic E-state index is 0.273. The van der Waals surface area contributed by atoms with Crippen LogP contribution in [0, 0.1) is 25.2 Å². The van der Waals surface area contributed by atoms with Gasteiger partial charge in [0.1, 0.15) is 5.75 Å². The lowest BCUT2D eigenvalue weighted by molar-refractivity contribution is 0.454. The maximum atomic E-state index is 8.90. The smallest absolute Gasteiger partial charge is 0.240 e. The van der Waals surface area contributed by atoms with Crippen molar-refractivity contribution in [3.05, 3.63) is 41.1 Å². The van der Waals surface area contributed by atoms with E-state index in [1.165, 1.54) is 0 Å². The Morgan fingerprint density at radius 3 is 2.79 bits per heavy atom. The van der Waals surface area contributed by atoms with Gasteiger partial charge in [-0.1, -0.05) is 6.07 Å². The summed E-state index contributed by atoms with van der Waals surface area (Å²) in [5.74, 6) is 6.53. The molecular weight excluding hydrogens is 242 g/mol. The molecule has 6 heteroatoms. The fraction of sp³-hybridized carbons (Fsp3) is 0.154. The quantitative estimate of drug-likeness (QED) is 0.643. The number of hydrogen-bond donors (Lipinski definition) is 2. The van der Waals surface area contributed by atoms with Gasteiger partial charge in [-0.05, 0) is 31.5 Å². The monoisotopic (exact) mass is 255 g/mol. The number of hydrogen-bond acceptors (Lipinski definition) is 6. The Balaban J connectivity index is 2.38. The maximum Gasteiger partial charge on any atom is 0.240 e. The number of aryl methyl sites for hydroxylation is 2. The van der Waals surface area contributed by atoms with Gasteiger partial charge in [-0.15, -0.1) is 0 Å². The molecule has 0 aliphatic heterocycles. The lowest BCUT2D eigenvalue weighted by atomic mass is 10.1. The molecule has 2 rings (SSSR count). The van der Waals surface area contributed by atoms with Crippen molar-refractivity contribution < 1.29 is 4.74 Å². The van der Waals surface area contributed by atoms with Crippen LogP contribution in [0.3, 0.4) is 0 Å². The molecule has 0 radical (unpaired) electrons. The molecular formula is C13H13N5O. The summed E-state index contributed by atoms with van der Waals surface area (Å²) in [5, 5.41) is 8.90. The van der Waals surface area contributed by atoms with Gasteiger partial charge >= 0.3 is 0 Å². The van der Waals surface area contributed by atoms with Crippen LogP contribution in [-0.4, -0.2) is 9.97 Å². The Morgan fingerprint density at radius 2 is 2.11 bits per heavy atom. The third-order valence-electron chi connectivity index (χ3n) is 2.58. The van der Waals surface area contributed by atoms with Crippen LogP contribution in [0.4, 0.5) is 5.95 Å². The summed E-state index contributed by atoms with van der Waals surface area (Å²) in [6.07, 6.45) is 1.61. The van der Waals surface area contributed by atoms with E-state index in [2.05, 4.69) is 21.5 Å². The highest BCUT2D eigenvalue weighted by molar-refractivity contribution is 5.44. The van der Waals surface area contributed by atoms with Gasteiger partial charge in [0.25, 0.3) is 0 Å². The van der Waals surface area contributed by atoms with E-state index >= 15 is 0 Å². The number of nitrogens with one attached hydrogen (secondary N) is 1. The average molecular weight is 255 g/mol. The first-order valence-corrected chi connectivity index (χ1v) is 5.63. The van der Waals surface area contributed by atoms with Gasteiger partial charge in [0.2, 0.25) is 11.8 Å². The number of nitrogens with two attached hydrogens (primary N) is 1. The summed E-state index contributed by atoms with van der Waals surface area (Å²) in [5.41, 5.74) is 4.59. The molecule has 6 nitrogen and oxygen atoms in total. The highest BCUT2D eigenvalue weighted by Gasteiger charge is 2.08. The molecule has 1 aromatic heterocycles. The van der Waals surface area contributed by atoms with Crippen LogP contribution < -0.4 is 16.0 Å². The third-order valence-corrected chi connectivity index (χ3v) is 2.58. The zero-order valence-electron chi connectivity index (χ0n) is 10.6. The number of aromatic nitrogens is 2. The van der Waals surface area contributed by atoms with E-state index in [9.17, 15) is 0 Å². The molecule has 0 saturated heterocycles. The molecule has 0 aliphatic carbocycles. The Labute approximate surface area is 110 Å². The minimum atomic E-state index is 0.273. The lowest BCUT2D eigenvalue weighted by Crippen LogP contribution is -2.11. The number of nitrogens with zero attached hydrogens (tertiary/aromatic N) is 3. The van der Waals surface area contributed by atoms with E-state index < -0.39 is 0 Å². The summed E-state index contributed by atoms with van der Waals surface area (Å²) in [7, 11) is 0. The van der Waals surface area contributed by atoms with Crippen molar-refractivity contribution in [1.29, 1.82) is 5.26 Å². The number of nitriles is 1. The van der Waals surface area contributed by atoms with Crippen molar-refractivity contribution in [3.8, 4) is 17.7 Å². The van der Waals surface area contributed by atoms with E-state index in [0.29, 0.717) is 17.2 Å². The lowest BCUT2D eigenvalue weighted by Gasteiger charge is -2.10. The topological polar surface area (TPSA) is 96.8 Å². The molecule has 0 amide bonds. The molecule has 0 bridgehead atoms. The Bertz CT molecular complexity index is 648. The highest BCUT2D eigenvalue weighted by atomic mass is 16.5. The van der Waals surface area contributed by atoms with Gasteiger partial charge < -0.3 is 4.74 Å². The van der Waals surface area contributed by atoms with Crippen molar-refractivity contribution in [3.63, 3.8) is 0 Å². The molecule has 1 aromatic carbocycles. The van der Waals surface area contributed by atoms with Crippen LogP contribution in [0.25, 0.3) is 0 Å². The Morgan fingerprint density at radius 1 is 1.32 bits per heavy atom. The Hall–Kier alpha value is -2.65. The van der Waals surface area contributed by atoms with Crippen LogP contribution >= 0.6 is 0 Å². The predicted molar refractivity (Wildman–Crippen MR) is 70.5 cm³/mol. The fourth-order valence-corrected chi connectivity index (χ4v) is 1.48. The second-order valence-corrected chi connectivity index (χ2v) is 4.02. The minimum Gasteiger partial charge on any atom is -0.438 e. The first-order valence-electron chi connectivity index (χ1n) is 5.63. The molecule has 3 N–H and O–H groups in total. The van der Waals surface area contributed by atoms with E-state index in [4.69, 9.17) is 15.8 Å². The van der Waals surface area contributed by atoms with E-state index in [1.807, 2.05) is 19.9 Å². The molecule has 0 atom stereocenters. The average Bonchev–Trinajstić information content (AvgIpc) is 2.43. The molecule has 1 heterocycles. The van der Waals surface area contributed by atoms with Crippen LogP contribution in [0.2, 0.25) is 0 Å². The normalized spacial score (nSPS) is 9.79. The Kier molecular flexibility index (Phi) is 3.59. The molecule has 2 aromatic rings. The standard InChI is InChI=1S/C13H13N5O/c1-8-3-4-10(6-14)5-11(8)19-12-9(2)7-16-13(17-12)18-15/h3-5,7H,15H2,1-2H3,(H,16,17,18). The largest absolute Gasteiger partial charge is 0.438 e. The van der Waals surface area contributed by atoms with Crippen LogP contribution in [-0.2, 0) is 0 Å². The zero-order valence-corrected chi connectivity index (χ0v) is 10.6. The summed E-state index contributed by atoms with van der Waals surface area (Å²) in [6, 6.07) is 7.31. The van der Waals surface area contributed by atoms with E-state index in [-0.39, 0.29) is 5.95 Å². The molecule has 96 valence electrons. The highest BCUT2D eigenvalue weighted by Crippen LogP contribution is 2.27. The van der Waals surface area contributed by atoms with Crippen molar-refractivity contribution in [1.82, 2.24) is 9.97 Å². The number of hydrazine groups is 1. The molecule has 0 saturated carbocycles. The van der Waals surface area contributed by atoms with Crippen LogP contribution in [0.1, 0.15) is 16.7 Å². The van der Waals surface area contributed by atoms with Gasteiger partial charge in [0, 0.05) is 11.8 Å². The van der Waals surface area contributed by atoms with Gasteiger partial charge in [-0.3, -0.25) is 5.43 Å². The first-order chi connectivity index (χ1) is 9.13. The zero-order chi connectivity index (χ0) is 13.8. The van der Waals surface area contributed by atoms with E-state index in [0.717, 1.165) is 11.1 Å². The number of nitrogen functional groups attached to an aromatic ring is 1. The van der Waals surface area contributed by atoms with Gasteiger partial charge in [-0.2, -0.15) is 10.2 Å². The van der Waals surface area contributed by atoms with Crippen molar-refractivity contribution in [2.45, 2.75) is 13.8 Å². The summed E-state index contributed by atoms with van der Waals surface area (Å²) in [6.45, 7) is 3.73. The van der Waals surface area contributed by atoms with Crippen LogP contribution in [0.15, 0.2) is 24.4 Å². The first kappa shape index (κ1) is 12.8. The van der Waals surface area contributed by atoms with E-state index in [1.54, 1.807) is 18.3 Å². The number of rotatable bonds is 3. The number of anilines is 1. The van der Waals surface area contributed by atoms with Crippen molar-refractivity contribution in [2.24, 2.45) is 5.84 Å². The fourth-order valence-electron chi connectivity index (χ4n) is 1.48. The van der Waals surface area contributed by atoms with Crippen LogP contribution in [0.5, 0.6) is 11.6 Å². The summed E-state index contributed by atoms with van der Waals surface area (Å²) in [4.78, 5) is 8.11. The maximum absolute atomic E-state index is 8.90. The van der Waals surface area contributed by atoms with Gasteiger partial charge in [0.15, 0.2) is 0 Å². The molecule has 0 fully saturated rings. The summed E-state index contributed by atoms with van der Waals surface area (Å²) < 4.78 is 5.73. The number of ether oxygens (including phenoxy) is 1. The molecule has 0 aliphatic rings. The van der Waals surface area contributed by atoms with Crippen molar-refractivity contribution in [2.75, 3.05) is 5.43 Å². The predicted octanol–water partition coefficient (Wildman–Crippen LogP) is 2.04. The van der Waals surface area contributed by atoms with Crippen molar-refractivity contribution >= 4 is 5.95 Å².